The second kappa shape index (κ2) is 4.57. The van der Waals surface area contributed by atoms with Gasteiger partial charge in [-0.1, -0.05) is 36.7 Å². The lowest BCUT2D eigenvalue weighted by Gasteiger charge is -2.30. The summed E-state index contributed by atoms with van der Waals surface area (Å²) in [4.78, 5) is 25.4. The molecule has 1 aliphatic heterocycles. The zero-order valence-electron chi connectivity index (χ0n) is 11.2. The predicted molar refractivity (Wildman–Crippen MR) is 75.5 cm³/mol. The summed E-state index contributed by atoms with van der Waals surface area (Å²) in [5.41, 5.74) is -0.451. The van der Waals surface area contributed by atoms with E-state index in [2.05, 4.69) is 36.7 Å². The maximum atomic E-state index is 12.3. The fourth-order valence-corrected chi connectivity index (χ4v) is 3.72. The molecule has 0 N–H and O–H groups in total. The first-order valence-electron chi connectivity index (χ1n) is 5.65. The molecule has 98 valence electrons. The molecule has 5 heteroatoms. The molecule has 1 rings (SSSR count). The van der Waals surface area contributed by atoms with E-state index in [4.69, 9.17) is 0 Å². The van der Waals surface area contributed by atoms with Crippen molar-refractivity contribution in [2.75, 3.05) is 0 Å². The number of carbonyl (C=O) groups excluding carboxylic acids is 2. The number of imide groups is 1. The fraction of sp³-hybridized carbons (Fsp3) is 0.833. The number of thioether (sulfide) groups is 1. The van der Waals surface area contributed by atoms with Crippen molar-refractivity contribution in [2.24, 2.45) is 0 Å². The molecule has 0 radical (unpaired) electrons. The van der Waals surface area contributed by atoms with Crippen LogP contribution in [0.2, 0.25) is 0 Å². The lowest BCUT2D eigenvalue weighted by molar-refractivity contribution is -0.143. The molecule has 2 atom stereocenters. The van der Waals surface area contributed by atoms with Crippen LogP contribution in [-0.2, 0) is 9.59 Å². The minimum absolute atomic E-state index is 0.0411. The molecular weight excluding hydrogens is 302 g/mol. The van der Waals surface area contributed by atoms with Gasteiger partial charge in [0, 0.05) is 10.3 Å². The van der Waals surface area contributed by atoms with Crippen LogP contribution >= 0.6 is 27.7 Å². The van der Waals surface area contributed by atoms with Crippen molar-refractivity contribution >= 4 is 39.5 Å². The molecule has 0 aromatic rings. The fourth-order valence-electron chi connectivity index (χ4n) is 1.77. The number of alkyl halides is 1. The SMILES string of the molecule is CC(C)(C)SC1C(=O)N(C(C)(C)C)C(=O)C1Br. The van der Waals surface area contributed by atoms with E-state index in [9.17, 15) is 9.59 Å². The van der Waals surface area contributed by atoms with Crippen molar-refractivity contribution < 1.29 is 9.59 Å². The first-order chi connectivity index (χ1) is 7.45. The minimum atomic E-state index is -0.451. The quantitative estimate of drug-likeness (QED) is 0.550. The van der Waals surface area contributed by atoms with Gasteiger partial charge in [-0.15, -0.1) is 11.8 Å². The number of nitrogens with zero attached hydrogens (tertiary/aromatic N) is 1. The number of carbonyl (C=O) groups is 2. The first-order valence-corrected chi connectivity index (χ1v) is 7.44. The smallest absolute Gasteiger partial charge is 0.245 e. The van der Waals surface area contributed by atoms with Gasteiger partial charge in [0.05, 0.1) is 0 Å². The molecule has 2 unspecified atom stereocenters. The largest absolute Gasteiger partial charge is 0.275 e. The molecule has 2 amide bonds. The summed E-state index contributed by atoms with van der Waals surface area (Å²) in [5, 5.41) is -0.318. The molecule has 0 saturated carbocycles. The van der Waals surface area contributed by atoms with E-state index >= 15 is 0 Å². The van der Waals surface area contributed by atoms with Gasteiger partial charge in [-0.25, -0.2) is 0 Å². The van der Waals surface area contributed by atoms with Gasteiger partial charge in [-0.3, -0.25) is 14.5 Å². The molecule has 0 bridgehead atoms. The van der Waals surface area contributed by atoms with Crippen LogP contribution < -0.4 is 0 Å². The van der Waals surface area contributed by atoms with Crippen LogP contribution in [0, 0.1) is 0 Å². The highest BCUT2D eigenvalue weighted by Crippen LogP contribution is 2.39. The third-order valence-electron chi connectivity index (χ3n) is 2.34. The molecule has 1 saturated heterocycles. The molecule has 3 nitrogen and oxygen atoms in total. The van der Waals surface area contributed by atoms with E-state index in [1.54, 1.807) is 11.8 Å². The summed E-state index contributed by atoms with van der Waals surface area (Å²) in [6.45, 7) is 11.8. The lowest BCUT2D eigenvalue weighted by Crippen LogP contribution is -2.46. The number of amides is 2. The van der Waals surface area contributed by atoms with Crippen LogP contribution in [0.1, 0.15) is 41.5 Å². The van der Waals surface area contributed by atoms with E-state index < -0.39 is 10.4 Å². The van der Waals surface area contributed by atoms with Crippen molar-refractivity contribution in [3.05, 3.63) is 0 Å². The summed E-state index contributed by atoms with van der Waals surface area (Å²) in [7, 11) is 0. The Morgan fingerprint density at radius 1 is 1.06 bits per heavy atom. The second-order valence-electron chi connectivity index (χ2n) is 6.24. The summed E-state index contributed by atoms with van der Waals surface area (Å²) < 4.78 is -0.0411. The van der Waals surface area contributed by atoms with Crippen molar-refractivity contribution in [1.29, 1.82) is 0 Å². The number of likely N-dealkylation sites (tertiary alicyclic amines) is 1. The maximum absolute atomic E-state index is 12.3. The highest BCUT2D eigenvalue weighted by atomic mass is 79.9. The molecule has 0 spiro atoms. The normalized spacial score (nSPS) is 26.9. The third kappa shape index (κ3) is 3.25. The van der Waals surface area contributed by atoms with Crippen LogP contribution in [0.15, 0.2) is 0 Å². The number of hydrogen-bond acceptors (Lipinski definition) is 3. The zero-order chi connectivity index (χ0) is 13.6. The minimum Gasteiger partial charge on any atom is -0.275 e. The Morgan fingerprint density at radius 3 is 1.82 bits per heavy atom. The molecule has 1 fully saturated rings. The van der Waals surface area contributed by atoms with Gasteiger partial charge in [-0.05, 0) is 20.8 Å². The Kier molecular flexibility index (Phi) is 4.04. The lowest BCUT2D eigenvalue weighted by atomic mass is 10.1. The number of rotatable bonds is 1. The van der Waals surface area contributed by atoms with Gasteiger partial charge in [0.25, 0.3) is 0 Å². The van der Waals surface area contributed by atoms with Crippen molar-refractivity contribution in [3.8, 4) is 0 Å². The molecule has 17 heavy (non-hydrogen) atoms. The van der Waals surface area contributed by atoms with Crippen molar-refractivity contribution in [1.82, 2.24) is 4.90 Å². The average Bonchev–Trinajstić information content (AvgIpc) is 2.26. The second-order valence-corrected chi connectivity index (χ2v) is 9.19. The Morgan fingerprint density at radius 2 is 1.53 bits per heavy atom. The Balaban J connectivity index is 2.99. The number of halogens is 1. The van der Waals surface area contributed by atoms with E-state index in [0.29, 0.717) is 0 Å². The first kappa shape index (κ1) is 15.0. The van der Waals surface area contributed by atoms with Gasteiger partial charge in [0.2, 0.25) is 11.8 Å². The van der Waals surface area contributed by atoms with E-state index in [1.807, 2.05) is 20.8 Å². The Labute approximate surface area is 116 Å². The number of hydrogen-bond donors (Lipinski definition) is 0. The van der Waals surface area contributed by atoms with Gasteiger partial charge in [0.1, 0.15) is 10.1 Å². The van der Waals surface area contributed by atoms with Crippen molar-refractivity contribution in [2.45, 2.75) is 61.9 Å². The van der Waals surface area contributed by atoms with Crippen LogP contribution in [-0.4, -0.2) is 37.1 Å². The standard InChI is InChI=1S/C12H20BrNO2S/c1-11(2,3)14-9(15)7(13)8(10(14)16)17-12(4,5)6/h7-8H,1-6H3. The molecule has 1 heterocycles. The topological polar surface area (TPSA) is 37.4 Å². The molecule has 1 aliphatic rings. The Bertz CT molecular complexity index is 343. The maximum Gasteiger partial charge on any atom is 0.245 e. The molecule has 0 aromatic heterocycles. The predicted octanol–water partition coefficient (Wildman–Crippen LogP) is 2.82. The van der Waals surface area contributed by atoms with Gasteiger partial charge in [0.15, 0.2) is 0 Å². The summed E-state index contributed by atoms with van der Waals surface area (Å²) in [5.74, 6) is -0.200. The van der Waals surface area contributed by atoms with E-state index in [1.165, 1.54) is 4.90 Å². The summed E-state index contributed by atoms with van der Waals surface area (Å²) in [6, 6.07) is 0. The van der Waals surface area contributed by atoms with E-state index in [0.717, 1.165) is 0 Å². The highest BCUT2D eigenvalue weighted by molar-refractivity contribution is 9.10. The average molecular weight is 322 g/mol. The summed E-state index contributed by atoms with van der Waals surface area (Å²) >= 11 is 4.91. The summed E-state index contributed by atoms with van der Waals surface area (Å²) in [6.07, 6.45) is 0. The third-order valence-corrected chi connectivity index (χ3v) is 5.04. The molecule has 0 aromatic carbocycles. The van der Waals surface area contributed by atoms with Crippen LogP contribution in [0.25, 0.3) is 0 Å². The zero-order valence-corrected chi connectivity index (χ0v) is 13.6. The molecule has 0 aliphatic carbocycles. The monoisotopic (exact) mass is 321 g/mol. The Hall–Kier alpha value is -0.0300. The van der Waals surface area contributed by atoms with E-state index in [-0.39, 0.29) is 21.8 Å². The van der Waals surface area contributed by atoms with Crippen LogP contribution in [0.4, 0.5) is 0 Å². The van der Waals surface area contributed by atoms with Gasteiger partial charge >= 0.3 is 0 Å². The van der Waals surface area contributed by atoms with Gasteiger partial charge in [-0.2, -0.15) is 0 Å². The highest BCUT2D eigenvalue weighted by Gasteiger charge is 2.51. The van der Waals surface area contributed by atoms with Crippen molar-refractivity contribution in [3.63, 3.8) is 0 Å². The molecular formula is C12H20BrNO2S. The van der Waals surface area contributed by atoms with Crippen LogP contribution in [0.3, 0.4) is 0 Å². The van der Waals surface area contributed by atoms with Crippen LogP contribution in [0.5, 0.6) is 0 Å². The van der Waals surface area contributed by atoms with Gasteiger partial charge < -0.3 is 0 Å².